The number of ether oxygens (including phenoxy) is 2. The van der Waals surface area contributed by atoms with Crippen molar-refractivity contribution >= 4 is 5.91 Å². The zero-order valence-electron chi connectivity index (χ0n) is 15.8. The van der Waals surface area contributed by atoms with Crippen LogP contribution < -0.4 is 14.8 Å². The molecule has 1 N–H and O–H groups in total. The van der Waals surface area contributed by atoms with Gasteiger partial charge in [0.25, 0.3) is 5.91 Å². The van der Waals surface area contributed by atoms with Gasteiger partial charge in [0.05, 0.1) is 36.7 Å². The molecular weight excluding hydrogens is 358 g/mol. The fourth-order valence-corrected chi connectivity index (χ4v) is 3.24. The molecule has 0 radical (unpaired) electrons. The van der Waals surface area contributed by atoms with Crippen LogP contribution in [-0.2, 0) is 0 Å². The first kappa shape index (κ1) is 18.0. The standard InChI is InChI=1S/C20H21N5O3/c1-3-27-19-9-8-18(23-24-19)25-13(2)15(12-21-25)20(26)22-16-10-11-28-17-7-5-4-6-14(16)17/h4-9,12,16H,3,10-11H2,1-2H3,(H,22,26)/t16-/m0/s1. The van der Waals surface area contributed by atoms with Crippen molar-refractivity contribution in [1.29, 1.82) is 0 Å². The molecule has 1 amide bonds. The molecule has 8 heteroatoms. The average molecular weight is 379 g/mol. The number of amides is 1. The molecule has 0 saturated carbocycles. The smallest absolute Gasteiger partial charge is 0.255 e. The van der Waals surface area contributed by atoms with E-state index in [1.807, 2.05) is 38.1 Å². The summed E-state index contributed by atoms with van der Waals surface area (Å²) in [6, 6.07) is 11.2. The van der Waals surface area contributed by atoms with Crippen LogP contribution in [0.5, 0.6) is 11.6 Å². The van der Waals surface area contributed by atoms with Crippen molar-refractivity contribution in [2.24, 2.45) is 0 Å². The number of carbonyl (C=O) groups is 1. The van der Waals surface area contributed by atoms with Crippen LogP contribution in [0.25, 0.3) is 5.82 Å². The largest absolute Gasteiger partial charge is 0.493 e. The lowest BCUT2D eigenvalue weighted by Crippen LogP contribution is -2.32. The van der Waals surface area contributed by atoms with Crippen LogP contribution in [0.3, 0.4) is 0 Å². The highest BCUT2D eigenvalue weighted by Gasteiger charge is 2.25. The monoisotopic (exact) mass is 379 g/mol. The van der Waals surface area contributed by atoms with E-state index in [4.69, 9.17) is 9.47 Å². The number of fused-ring (bicyclic) bond motifs is 1. The first-order valence-electron chi connectivity index (χ1n) is 9.21. The maximum absolute atomic E-state index is 12.9. The molecule has 1 aromatic carbocycles. The zero-order valence-corrected chi connectivity index (χ0v) is 15.8. The third-order valence-electron chi connectivity index (χ3n) is 4.65. The van der Waals surface area contributed by atoms with Gasteiger partial charge in [-0.15, -0.1) is 10.2 Å². The highest BCUT2D eigenvalue weighted by atomic mass is 16.5. The maximum Gasteiger partial charge on any atom is 0.255 e. The molecule has 1 atom stereocenters. The number of hydrogen-bond acceptors (Lipinski definition) is 6. The number of rotatable bonds is 5. The third kappa shape index (κ3) is 3.40. The van der Waals surface area contributed by atoms with E-state index in [9.17, 15) is 4.79 Å². The molecule has 2 aromatic heterocycles. The molecule has 0 unspecified atom stereocenters. The number of aromatic nitrogens is 4. The lowest BCUT2D eigenvalue weighted by atomic mass is 10.0. The van der Waals surface area contributed by atoms with Gasteiger partial charge in [0, 0.05) is 18.1 Å². The van der Waals surface area contributed by atoms with E-state index >= 15 is 0 Å². The van der Waals surface area contributed by atoms with Gasteiger partial charge in [-0.25, -0.2) is 4.68 Å². The Labute approximate surface area is 162 Å². The summed E-state index contributed by atoms with van der Waals surface area (Å²) in [5.74, 6) is 1.61. The SMILES string of the molecule is CCOc1ccc(-n2ncc(C(=O)N[C@H]3CCOc4ccccc43)c2C)nn1. The second kappa shape index (κ2) is 7.67. The summed E-state index contributed by atoms with van der Waals surface area (Å²) in [5.41, 5.74) is 2.18. The highest BCUT2D eigenvalue weighted by molar-refractivity contribution is 5.95. The number of hydrogen-bond donors (Lipinski definition) is 1. The van der Waals surface area contributed by atoms with Crippen molar-refractivity contribution < 1.29 is 14.3 Å². The van der Waals surface area contributed by atoms with E-state index in [1.165, 1.54) is 0 Å². The van der Waals surface area contributed by atoms with E-state index in [1.54, 1.807) is 23.0 Å². The van der Waals surface area contributed by atoms with Crippen molar-refractivity contribution in [3.8, 4) is 17.4 Å². The number of benzene rings is 1. The molecule has 0 bridgehead atoms. The molecule has 28 heavy (non-hydrogen) atoms. The summed E-state index contributed by atoms with van der Waals surface area (Å²) in [4.78, 5) is 12.9. The molecule has 144 valence electrons. The predicted molar refractivity (Wildman–Crippen MR) is 102 cm³/mol. The second-order valence-corrected chi connectivity index (χ2v) is 6.42. The van der Waals surface area contributed by atoms with Crippen LogP contribution >= 0.6 is 0 Å². The Kier molecular flexibility index (Phi) is 4.92. The van der Waals surface area contributed by atoms with Gasteiger partial charge in [0.2, 0.25) is 5.88 Å². The first-order chi connectivity index (χ1) is 13.7. The normalized spacial score (nSPS) is 15.4. The number of nitrogens with zero attached hydrogens (tertiary/aromatic N) is 4. The minimum atomic E-state index is -0.177. The van der Waals surface area contributed by atoms with Crippen LogP contribution in [-0.4, -0.2) is 39.1 Å². The molecule has 0 saturated heterocycles. The second-order valence-electron chi connectivity index (χ2n) is 6.42. The van der Waals surface area contributed by atoms with Gasteiger partial charge < -0.3 is 14.8 Å². The fraction of sp³-hybridized carbons (Fsp3) is 0.300. The van der Waals surface area contributed by atoms with E-state index < -0.39 is 0 Å². The van der Waals surface area contributed by atoms with Gasteiger partial charge in [0.15, 0.2) is 5.82 Å². The van der Waals surface area contributed by atoms with Crippen LogP contribution in [0.4, 0.5) is 0 Å². The Hall–Kier alpha value is -3.42. The molecular formula is C20H21N5O3. The lowest BCUT2D eigenvalue weighted by Gasteiger charge is -2.26. The molecule has 1 aliphatic rings. The van der Waals surface area contributed by atoms with Crippen molar-refractivity contribution in [3.63, 3.8) is 0 Å². The lowest BCUT2D eigenvalue weighted by molar-refractivity contribution is 0.0924. The maximum atomic E-state index is 12.9. The highest BCUT2D eigenvalue weighted by Crippen LogP contribution is 2.31. The molecule has 1 aliphatic heterocycles. The van der Waals surface area contributed by atoms with E-state index in [-0.39, 0.29) is 11.9 Å². The third-order valence-corrected chi connectivity index (χ3v) is 4.65. The topological polar surface area (TPSA) is 91.2 Å². The summed E-state index contributed by atoms with van der Waals surface area (Å²) >= 11 is 0. The Morgan fingerprint density at radius 3 is 2.93 bits per heavy atom. The van der Waals surface area contributed by atoms with Crippen molar-refractivity contribution in [2.75, 3.05) is 13.2 Å². The van der Waals surface area contributed by atoms with Crippen molar-refractivity contribution in [1.82, 2.24) is 25.3 Å². The Morgan fingerprint density at radius 2 is 2.14 bits per heavy atom. The average Bonchev–Trinajstić information content (AvgIpc) is 3.11. The van der Waals surface area contributed by atoms with Crippen LogP contribution in [0, 0.1) is 6.92 Å². The van der Waals surface area contributed by atoms with E-state index in [0.717, 1.165) is 17.7 Å². The summed E-state index contributed by atoms with van der Waals surface area (Å²) in [5, 5.41) is 15.5. The Bertz CT molecular complexity index is 984. The minimum Gasteiger partial charge on any atom is -0.493 e. The van der Waals surface area contributed by atoms with Gasteiger partial charge in [-0.1, -0.05) is 18.2 Å². The quantitative estimate of drug-likeness (QED) is 0.733. The zero-order chi connectivity index (χ0) is 19.5. The van der Waals surface area contributed by atoms with Gasteiger partial charge in [-0.2, -0.15) is 5.10 Å². The van der Waals surface area contributed by atoms with Crippen LogP contribution in [0.15, 0.2) is 42.6 Å². The Morgan fingerprint density at radius 1 is 1.29 bits per heavy atom. The Balaban J connectivity index is 1.53. The van der Waals surface area contributed by atoms with Gasteiger partial charge in [-0.3, -0.25) is 4.79 Å². The van der Waals surface area contributed by atoms with Crippen LogP contribution in [0.2, 0.25) is 0 Å². The van der Waals surface area contributed by atoms with Crippen LogP contribution in [0.1, 0.15) is 41.0 Å². The van der Waals surface area contributed by atoms with Crippen molar-refractivity contribution in [3.05, 3.63) is 59.4 Å². The van der Waals surface area contributed by atoms with E-state index in [2.05, 4.69) is 20.6 Å². The molecule has 0 aliphatic carbocycles. The molecule has 0 spiro atoms. The molecule has 0 fully saturated rings. The summed E-state index contributed by atoms with van der Waals surface area (Å²) in [6.07, 6.45) is 2.27. The fourth-order valence-electron chi connectivity index (χ4n) is 3.24. The molecule has 8 nitrogen and oxygen atoms in total. The minimum absolute atomic E-state index is 0.0922. The predicted octanol–water partition coefficient (Wildman–Crippen LogP) is 2.62. The van der Waals surface area contributed by atoms with Gasteiger partial charge in [-0.05, 0) is 26.0 Å². The number of carbonyl (C=O) groups excluding carboxylic acids is 1. The molecule has 4 rings (SSSR count). The van der Waals surface area contributed by atoms with Crippen molar-refractivity contribution in [2.45, 2.75) is 26.3 Å². The number of nitrogens with one attached hydrogen (secondary N) is 1. The summed E-state index contributed by atoms with van der Waals surface area (Å²) in [7, 11) is 0. The summed E-state index contributed by atoms with van der Waals surface area (Å²) < 4.78 is 12.6. The summed E-state index contributed by atoms with van der Waals surface area (Å²) in [6.45, 7) is 4.81. The van der Waals surface area contributed by atoms with Gasteiger partial charge >= 0.3 is 0 Å². The number of para-hydroxylation sites is 1. The molecule has 3 aromatic rings. The first-order valence-corrected chi connectivity index (χ1v) is 9.21. The van der Waals surface area contributed by atoms with E-state index in [0.29, 0.717) is 36.2 Å². The molecule has 3 heterocycles. The van der Waals surface area contributed by atoms with Gasteiger partial charge in [0.1, 0.15) is 5.75 Å².